The molecule has 1 aliphatic heterocycles. The summed E-state index contributed by atoms with van der Waals surface area (Å²) in [6.07, 6.45) is 3.11. The van der Waals surface area contributed by atoms with E-state index in [1.165, 1.54) is 12.8 Å². The van der Waals surface area contributed by atoms with E-state index in [-0.39, 0.29) is 0 Å². The van der Waals surface area contributed by atoms with Gasteiger partial charge >= 0.3 is 0 Å². The van der Waals surface area contributed by atoms with Gasteiger partial charge in [0.05, 0.1) is 26.4 Å². The third-order valence-corrected chi connectivity index (χ3v) is 4.38. The summed E-state index contributed by atoms with van der Waals surface area (Å²) in [6, 6.07) is 5.96. The summed E-state index contributed by atoms with van der Waals surface area (Å²) in [4.78, 5) is 2.52. The van der Waals surface area contributed by atoms with Crippen LogP contribution < -0.4 is 14.8 Å². The van der Waals surface area contributed by atoms with Gasteiger partial charge in [-0.25, -0.2) is 0 Å². The average molecular weight is 336 g/mol. The fourth-order valence-electron chi connectivity index (χ4n) is 3.27. The molecule has 1 N–H and O–H groups in total. The molecule has 1 aromatic rings. The average Bonchev–Trinajstić information content (AvgIpc) is 2.57. The molecule has 24 heavy (non-hydrogen) atoms. The Morgan fingerprint density at radius 3 is 2.54 bits per heavy atom. The van der Waals surface area contributed by atoms with Gasteiger partial charge in [0.15, 0.2) is 0 Å². The second kappa shape index (κ2) is 9.87. The predicted molar refractivity (Wildman–Crippen MR) is 96.9 cm³/mol. The lowest BCUT2D eigenvalue weighted by Gasteiger charge is -2.35. The van der Waals surface area contributed by atoms with Crippen molar-refractivity contribution in [1.29, 1.82) is 0 Å². The summed E-state index contributed by atoms with van der Waals surface area (Å²) in [6.45, 7) is 9.43. The van der Waals surface area contributed by atoms with Gasteiger partial charge in [0, 0.05) is 31.3 Å². The first kappa shape index (κ1) is 19.0. The van der Waals surface area contributed by atoms with Crippen molar-refractivity contribution >= 4 is 0 Å². The molecule has 0 saturated carbocycles. The molecule has 2 atom stereocenters. The maximum absolute atomic E-state index is 5.77. The lowest BCUT2D eigenvalue weighted by molar-refractivity contribution is -0.0681. The van der Waals surface area contributed by atoms with Crippen molar-refractivity contribution in [3.63, 3.8) is 0 Å². The van der Waals surface area contributed by atoms with Crippen molar-refractivity contribution in [1.82, 2.24) is 10.2 Å². The van der Waals surface area contributed by atoms with E-state index >= 15 is 0 Å². The Hall–Kier alpha value is -1.30. The summed E-state index contributed by atoms with van der Waals surface area (Å²) >= 11 is 0. The van der Waals surface area contributed by atoms with E-state index in [1.54, 1.807) is 14.2 Å². The Labute approximate surface area is 146 Å². The Morgan fingerprint density at radius 1 is 1.12 bits per heavy atom. The summed E-state index contributed by atoms with van der Waals surface area (Å²) in [7, 11) is 3.37. The number of ether oxygens (including phenoxy) is 3. The van der Waals surface area contributed by atoms with Gasteiger partial charge in [0.1, 0.15) is 11.5 Å². The van der Waals surface area contributed by atoms with Crippen LogP contribution in [-0.4, -0.2) is 57.5 Å². The van der Waals surface area contributed by atoms with Crippen LogP contribution >= 0.6 is 0 Å². The molecule has 0 aromatic heterocycles. The fraction of sp³-hybridized carbons (Fsp3) is 0.684. The first-order chi connectivity index (χ1) is 11.6. The van der Waals surface area contributed by atoms with Crippen LogP contribution in [0.15, 0.2) is 18.2 Å². The lowest BCUT2D eigenvalue weighted by Crippen LogP contribution is -2.45. The number of unbranched alkanes of at least 4 members (excludes halogenated alkanes) is 1. The number of rotatable bonds is 9. The zero-order valence-electron chi connectivity index (χ0n) is 15.5. The molecular weight excluding hydrogens is 304 g/mol. The summed E-state index contributed by atoms with van der Waals surface area (Å²) in [5.41, 5.74) is 1.16. The molecule has 1 fully saturated rings. The largest absolute Gasteiger partial charge is 0.497 e. The van der Waals surface area contributed by atoms with Gasteiger partial charge in [0.2, 0.25) is 0 Å². The molecule has 5 heteroatoms. The van der Waals surface area contributed by atoms with Gasteiger partial charge in [-0.3, -0.25) is 4.90 Å². The van der Waals surface area contributed by atoms with Crippen LogP contribution in [0, 0.1) is 0 Å². The third kappa shape index (κ3) is 5.96. The standard InChI is InChI=1S/C19H32N2O3/c1-15-13-21(14-16(2)24-15)10-6-5-9-20-12-17-7-8-18(22-3)11-19(17)23-4/h7-8,11,15-16,20H,5-6,9-10,12-14H2,1-4H3. The molecule has 1 aliphatic rings. The molecule has 1 heterocycles. The zero-order chi connectivity index (χ0) is 17.4. The minimum atomic E-state index is 0.356. The highest BCUT2D eigenvalue weighted by molar-refractivity contribution is 5.40. The topological polar surface area (TPSA) is 43.0 Å². The van der Waals surface area contributed by atoms with Gasteiger partial charge in [-0.2, -0.15) is 0 Å². The van der Waals surface area contributed by atoms with Gasteiger partial charge in [-0.1, -0.05) is 6.07 Å². The monoisotopic (exact) mass is 336 g/mol. The Kier molecular flexibility index (Phi) is 7.82. The highest BCUT2D eigenvalue weighted by Crippen LogP contribution is 2.24. The van der Waals surface area contributed by atoms with Crippen LogP contribution in [0.2, 0.25) is 0 Å². The van der Waals surface area contributed by atoms with Crippen molar-refractivity contribution in [2.45, 2.75) is 45.4 Å². The number of hydrogen-bond acceptors (Lipinski definition) is 5. The highest BCUT2D eigenvalue weighted by Gasteiger charge is 2.21. The number of nitrogens with zero attached hydrogens (tertiary/aromatic N) is 1. The molecular formula is C19H32N2O3. The van der Waals surface area contributed by atoms with E-state index in [2.05, 4.69) is 30.1 Å². The molecule has 0 radical (unpaired) electrons. The molecule has 0 amide bonds. The Balaban J connectivity index is 1.63. The zero-order valence-corrected chi connectivity index (χ0v) is 15.5. The van der Waals surface area contributed by atoms with E-state index in [0.717, 1.165) is 49.8 Å². The summed E-state index contributed by atoms with van der Waals surface area (Å²) in [5.74, 6) is 1.70. The Bertz CT molecular complexity index is 486. The molecule has 2 rings (SSSR count). The third-order valence-electron chi connectivity index (χ3n) is 4.38. The van der Waals surface area contributed by atoms with E-state index in [4.69, 9.17) is 14.2 Å². The number of hydrogen-bond donors (Lipinski definition) is 1. The van der Waals surface area contributed by atoms with E-state index in [1.807, 2.05) is 12.1 Å². The molecule has 136 valence electrons. The minimum absolute atomic E-state index is 0.356. The molecule has 0 aliphatic carbocycles. The van der Waals surface area contributed by atoms with Crippen molar-refractivity contribution in [3.05, 3.63) is 23.8 Å². The molecule has 5 nitrogen and oxygen atoms in total. The van der Waals surface area contributed by atoms with Gasteiger partial charge in [-0.15, -0.1) is 0 Å². The van der Waals surface area contributed by atoms with Crippen molar-refractivity contribution < 1.29 is 14.2 Å². The fourth-order valence-corrected chi connectivity index (χ4v) is 3.27. The van der Waals surface area contributed by atoms with Crippen LogP contribution in [0.5, 0.6) is 11.5 Å². The second-order valence-corrected chi connectivity index (χ2v) is 6.58. The van der Waals surface area contributed by atoms with Crippen molar-refractivity contribution in [2.75, 3.05) is 40.4 Å². The molecule has 1 saturated heterocycles. The first-order valence-electron chi connectivity index (χ1n) is 8.91. The van der Waals surface area contributed by atoms with E-state index < -0.39 is 0 Å². The Morgan fingerprint density at radius 2 is 1.88 bits per heavy atom. The number of morpholine rings is 1. The maximum atomic E-state index is 5.77. The van der Waals surface area contributed by atoms with Crippen molar-refractivity contribution in [2.24, 2.45) is 0 Å². The first-order valence-corrected chi connectivity index (χ1v) is 8.91. The van der Waals surface area contributed by atoms with Crippen LogP contribution in [-0.2, 0) is 11.3 Å². The number of nitrogens with one attached hydrogen (secondary N) is 1. The molecule has 0 bridgehead atoms. The molecule has 0 spiro atoms. The second-order valence-electron chi connectivity index (χ2n) is 6.58. The molecule has 2 unspecified atom stereocenters. The highest BCUT2D eigenvalue weighted by atomic mass is 16.5. The minimum Gasteiger partial charge on any atom is -0.497 e. The summed E-state index contributed by atoms with van der Waals surface area (Å²) in [5, 5.41) is 3.51. The smallest absolute Gasteiger partial charge is 0.127 e. The van der Waals surface area contributed by atoms with Crippen LogP contribution in [0.25, 0.3) is 0 Å². The van der Waals surface area contributed by atoms with Gasteiger partial charge < -0.3 is 19.5 Å². The van der Waals surface area contributed by atoms with Crippen LogP contribution in [0.4, 0.5) is 0 Å². The number of benzene rings is 1. The van der Waals surface area contributed by atoms with E-state index in [9.17, 15) is 0 Å². The van der Waals surface area contributed by atoms with E-state index in [0.29, 0.717) is 12.2 Å². The van der Waals surface area contributed by atoms with Crippen molar-refractivity contribution in [3.8, 4) is 11.5 Å². The van der Waals surface area contributed by atoms with Crippen LogP contribution in [0.1, 0.15) is 32.3 Å². The van der Waals surface area contributed by atoms with Crippen LogP contribution in [0.3, 0.4) is 0 Å². The van der Waals surface area contributed by atoms with Gasteiger partial charge in [-0.05, 0) is 45.8 Å². The summed E-state index contributed by atoms with van der Waals surface area (Å²) < 4.78 is 16.4. The lowest BCUT2D eigenvalue weighted by atomic mass is 10.2. The van der Waals surface area contributed by atoms with Gasteiger partial charge in [0.25, 0.3) is 0 Å². The predicted octanol–water partition coefficient (Wildman–Crippen LogP) is 2.68. The molecule has 1 aromatic carbocycles. The number of methoxy groups -OCH3 is 2. The quantitative estimate of drug-likeness (QED) is 0.702. The normalized spacial score (nSPS) is 21.7. The maximum Gasteiger partial charge on any atom is 0.127 e. The SMILES string of the molecule is COc1ccc(CNCCCCN2CC(C)OC(C)C2)c(OC)c1.